The quantitative estimate of drug-likeness (QED) is 0.380. The number of benzene rings is 1. The number of aromatic nitrogens is 3. The zero-order valence-corrected chi connectivity index (χ0v) is 20.8. The summed E-state index contributed by atoms with van der Waals surface area (Å²) in [5.41, 5.74) is 9.49. The predicted molar refractivity (Wildman–Crippen MR) is 141 cm³/mol. The minimum Gasteiger partial charge on any atom is -0.351 e. The van der Waals surface area contributed by atoms with Crippen LogP contribution in [-0.2, 0) is 6.54 Å². The van der Waals surface area contributed by atoms with E-state index in [1.54, 1.807) is 0 Å². The fraction of sp³-hybridized carbons (Fsp3) is 0.250. The van der Waals surface area contributed by atoms with Crippen molar-refractivity contribution in [3.8, 4) is 0 Å². The van der Waals surface area contributed by atoms with Crippen LogP contribution in [0.4, 0.5) is 5.69 Å². The van der Waals surface area contributed by atoms with Crippen LogP contribution < -0.4 is 10.2 Å². The Morgan fingerprint density at radius 3 is 2.50 bits per heavy atom. The number of hydrogen-bond donors (Lipinski definition) is 1. The molecule has 4 heterocycles. The van der Waals surface area contributed by atoms with Gasteiger partial charge in [-0.2, -0.15) is 0 Å². The highest BCUT2D eigenvalue weighted by molar-refractivity contribution is 7.80. The van der Waals surface area contributed by atoms with E-state index in [-0.39, 0.29) is 12.1 Å². The maximum Gasteiger partial charge on any atom is 0.174 e. The number of hydrogen-bond acceptors (Lipinski definition) is 3. The summed E-state index contributed by atoms with van der Waals surface area (Å²) in [4.78, 5) is 11.3. The minimum absolute atomic E-state index is 0.0154. The number of anilines is 1. The third-order valence-electron chi connectivity index (χ3n) is 6.86. The van der Waals surface area contributed by atoms with Crippen LogP contribution in [0.2, 0.25) is 0 Å². The zero-order chi connectivity index (χ0) is 23.8. The summed E-state index contributed by atoms with van der Waals surface area (Å²) in [7, 11) is 0. The summed E-state index contributed by atoms with van der Waals surface area (Å²) in [5.74, 6) is 0. The molecule has 3 aromatic heterocycles. The van der Waals surface area contributed by atoms with Gasteiger partial charge < -0.3 is 14.8 Å². The molecule has 1 aromatic carbocycles. The molecular weight excluding hydrogens is 438 g/mol. The fourth-order valence-corrected chi connectivity index (χ4v) is 5.22. The summed E-state index contributed by atoms with van der Waals surface area (Å²) in [6, 6.07) is 19.0. The van der Waals surface area contributed by atoms with E-state index in [9.17, 15) is 0 Å². The van der Waals surface area contributed by atoms with Crippen molar-refractivity contribution < 1.29 is 0 Å². The Hall–Kier alpha value is -3.51. The van der Waals surface area contributed by atoms with Gasteiger partial charge in [-0.25, -0.2) is 0 Å². The Labute approximate surface area is 206 Å². The first-order valence-electron chi connectivity index (χ1n) is 11.6. The lowest BCUT2D eigenvalue weighted by Crippen LogP contribution is -2.29. The van der Waals surface area contributed by atoms with E-state index in [0.717, 1.165) is 23.0 Å². The molecule has 6 heteroatoms. The largest absolute Gasteiger partial charge is 0.351 e. The van der Waals surface area contributed by atoms with Crippen molar-refractivity contribution in [3.63, 3.8) is 0 Å². The topological polar surface area (TPSA) is 46.0 Å². The molecule has 1 aliphatic heterocycles. The van der Waals surface area contributed by atoms with Crippen LogP contribution >= 0.6 is 12.2 Å². The average molecular weight is 468 g/mol. The molecule has 0 bridgehead atoms. The van der Waals surface area contributed by atoms with Crippen LogP contribution in [0.5, 0.6) is 0 Å². The second-order valence-corrected chi connectivity index (χ2v) is 9.43. The SMILES string of the molecule is Cc1ccc(N2C(=S)N[C@H](c3ccccn3)[C@H]2c2cc(C)n(Cc3cccnc3)c2C)cc1C. The molecule has 0 radical (unpaired) electrons. The predicted octanol–water partition coefficient (Wildman–Crippen LogP) is 5.74. The standard InChI is InChI=1S/C28H29N5S/c1-18-10-11-23(14-19(18)2)33-27(26(31-28(33)34)25-9-5-6-13-30-25)24-15-20(3)32(21(24)4)17-22-8-7-12-29-16-22/h5-16,26-27H,17H2,1-4H3,(H,31,34)/t26-,27-/m1/s1. The molecule has 172 valence electrons. The normalized spacial score (nSPS) is 17.8. The van der Waals surface area contributed by atoms with Crippen molar-refractivity contribution >= 4 is 23.0 Å². The molecule has 1 aliphatic rings. The Balaban J connectivity index is 1.63. The average Bonchev–Trinajstić information content (AvgIpc) is 3.33. The van der Waals surface area contributed by atoms with E-state index in [4.69, 9.17) is 17.2 Å². The molecular formula is C28H29N5S. The summed E-state index contributed by atoms with van der Waals surface area (Å²) in [6.45, 7) is 9.45. The van der Waals surface area contributed by atoms with Gasteiger partial charge in [-0.3, -0.25) is 9.97 Å². The third-order valence-corrected chi connectivity index (χ3v) is 7.18. The lowest BCUT2D eigenvalue weighted by Gasteiger charge is -2.28. The summed E-state index contributed by atoms with van der Waals surface area (Å²) in [6.07, 6.45) is 5.60. The Bertz CT molecular complexity index is 1330. The number of pyridine rings is 2. The third kappa shape index (κ3) is 3.99. The van der Waals surface area contributed by atoms with Gasteiger partial charge in [-0.15, -0.1) is 0 Å². The molecule has 1 fully saturated rings. The van der Waals surface area contributed by atoms with E-state index in [0.29, 0.717) is 0 Å². The number of thiocarbonyl (C=S) groups is 1. The molecule has 1 saturated heterocycles. The van der Waals surface area contributed by atoms with E-state index in [1.165, 1.54) is 33.6 Å². The highest BCUT2D eigenvalue weighted by Crippen LogP contribution is 2.43. The number of aryl methyl sites for hydroxylation is 3. The van der Waals surface area contributed by atoms with E-state index < -0.39 is 0 Å². The minimum atomic E-state index is -0.0531. The molecule has 2 atom stereocenters. The molecule has 34 heavy (non-hydrogen) atoms. The Morgan fingerprint density at radius 1 is 0.941 bits per heavy atom. The molecule has 0 saturated carbocycles. The molecule has 5 nitrogen and oxygen atoms in total. The van der Waals surface area contributed by atoms with Gasteiger partial charge in [-0.05, 0) is 98.6 Å². The van der Waals surface area contributed by atoms with Crippen LogP contribution in [-0.4, -0.2) is 19.6 Å². The van der Waals surface area contributed by atoms with Crippen molar-refractivity contribution in [2.24, 2.45) is 0 Å². The second-order valence-electron chi connectivity index (χ2n) is 9.04. The summed E-state index contributed by atoms with van der Waals surface area (Å²) < 4.78 is 2.36. The maximum atomic E-state index is 5.91. The smallest absolute Gasteiger partial charge is 0.174 e. The highest BCUT2D eigenvalue weighted by atomic mass is 32.1. The van der Waals surface area contributed by atoms with Gasteiger partial charge in [0, 0.05) is 42.2 Å². The van der Waals surface area contributed by atoms with Gasteiger partial charge in [0.1, 0.15) is 0 Å². The van der Waals surface area contributed by atoms with Gasteiger partial charge in [0.05, 0.1) is 17.8 Å². The molecule has 0 spiro atoms. The van der Waals surface area contributed by atoms with Crippen molar-refractivity contribution in [1.29, 1.82) is 0 Å². The molecule has 0 amide bonds. The number of rotatable bonds is 5. The molecule has 0 unspecified atom stereocenters. The van der Waals surface area contributed by atoms with Crippen molar-refractivity contribution in [2.45, 2.75) is 46.3 Å². The van der Waals surface area contributed by atoms with Gasteiger partial charge >= 0.3 is 0 Å². The number of nitrogens with zero attached hydrogens (tertiary/aromatic N) is 4. The van der Waals surface area contributed by atoms with Crippen LogP contribution in [0.15, 0.2) is 73.2 Å². The fourth-order valence-electron chi connectivity index (χ4n) is 4.87. The first-order chi connectivity index (χ1) is 16.4. The highest BCUT2D eigenvalue weighted by Gasteiger charge is 2.42. The number of nitrogens with one attached hydrogen (secondary N) is 1. The van der Waals surface area contributed by atoms with Crippen LogP contribution in [0, 0.1) is 27.7 Å². The van der Waals surface area contributed by atoms with E-state index in [1.807, 2.05) is 36.8 Å². The lowest BCUT2D eigenvalue weighted by molar-refractivity contribution is 0.563. The molecule has 0 aliphatic carbocycles. The maximum absolute atomic E-state index is 5.91. The Morgan fingerprint density at radius 2 is 1.79 bits per heavy atom. The van der Waals surface area contributed by atoms with Crippen molar-refractivity contribution in [2.75, 3.05) is 4.90 Å². The van der Waals surface area contributed by atoms with Crippen LogP contribution in [0.1, 0.15) is 51.4 Å². The molecule has 5 rings (SSSR count). The van der Waals surface area contributed by atoms with E-state index >= 15 is 0 Å². The first-order valence-corrected chi connectivity index (χ1v) is 12.0. The Kier molecular flexibility index (Phi) is 5.92. The van der Waals surface area contributed by atoms with Gasteiger partial charge in [-0.1, -0.05) is 18.2 Å². The van der Waals surface area contributed by atoms with E-state index in [2.05, 4.69) is 83.9 Å². The summed E-state index contributed by atoms with van der Waals surface area (Å²) in [5, 5.41) is 4.31. The first kappa shape index (κ1) is 22.3. The zero-order valence-electron chi connectivity index (χ0n) is 20.0. The lowest BCUT2D eigenvalue weighted by atomic mass is 9.96. The van der Waals surface area contributed by atoms with Crippen LogP contribution in [0.3, 0.4) is 0 Å². The molecule has 1 N–H and O–H groups in total. The second kappa shape index (κ2) is 9.03. The molecule has 4 aromatic rings. The van der Waals surface area contributed by atoms with Crippen molar-refractivity contribution in [3.05, 3.63) is 113 Å². The van der Waals surface area contributed by atoms with Crippen molar-refractivity contribution in [1.82, 2.24) is 19.9 Å². The summed E-state index contributed by atoms with van der Waals surface area (Å²) >= 11 is 5.91. The van der Waals surface area contributed by atoms with Crippen LogP contribution in [0.25, 0.3) is 0 Å². The monoisotopic (exact) mass is 467 g/mol. The van der Waals surface area contributed by atoms with Gasteiger partial charge in [0.25, 0.3) is 0 Å². The van der Waals surface area contributed by atoms with Gasteiger partial charge in [0.2, 0.25) is 0 Å². The van der Waals surface area contributed by atoms with Gasteiger partial charge in [0.15, 0.2) is 5.11 Å².